The lowest BCUT2D eigenvalue weighted by atomic mass is 9.90. The van der Waals surface area contributed by atoms with E-state index in [0.29, 0.717) is 58.6 Å². The van der Waals surface area contributed by atoms with Crippen LogP contribution < -0.4 is 5.32 Å². The highest BCUT2D eigenvalue weighted by Gasteiger charge is 2.32. The Morgan fingerprint density at radius 3 is 2.24 bits per heavy atom. The molecular formula is C26H27Cl2N5O5. The molecule has 1 aliphatic heterocycles. The van der Waals surface area contributed by atoms with E-state index in [1.165, 1.54) is 18.3 Å². The van der Waals surface area contributed by atoms with Gasteiger partial charge >= 0.3 is 6.09 Å². The number of aromatic nitrogens is 2. The van der Waals surface area contributed by atoms with Crippen LogP contribution in [-0.4, -0.2) is 50.3 Å². The van der Waals surface area contributed by atoms with E-state index in [9.17, 15) is 19.7 Å². The molecule has 4 rings (SSSR count). The molecule has 1 fully saturated rings. The lowest BCUT2D eigenvalue weighted by Crippen LogP contribution is -2.41. The Labute approximate surface area is 229 Å². The lowest BCUT2D eigenvalue weighted by molar-refractivity contribution is -0.384. The molecule has 0 atom stereocenters. The maximum absolute atomic E-state index is 13.4. The largest absolute Gasteiger partial charge is 0.444 e. The van der Waals surface area contributed by atoms with E-state index in [2.05, 4.69) is 10.4 Å². The highest BCUT2D eigenvalue weighted by Crippen LogP contribution is 2.34. The van der Waals surface area contributed by atoms with Gasteiger partial charge in [-0.2, -0.15) is 5.10 Å². The fourth-order valence-corrected chi connectivity index (χ4v) is 4.86. The monoisotopic (exact) mass is 559 g/mol. The zero-order valence-electron chi connectivity index (χ0n) is 21.1. The number of rotatable bonds is 5. The predicted octanol–water partition coefficient (Wildman–Crippen LogP) is 6.45. The molecule has 0 spiro atoms. The zero-order valence-corrected chi connectivity index (χ0v) is 22.6. The molecule has 2 heterocycles. The van der Waals surface area contributed by atoms with Gasteiger partial charge in [-0.1, -0.05) is 23.2 Å². The molecular weight excluding hydrogens is 533 g/mol. The second kappa shape index (κ2) is 11.0. The van der Waals surface area contributed by atoms with Crippen molar-refractivity contribution in [1.29, 1.82) is 0 Å². The number of nitrogens with one attached hydrogen (secondary N) is 1. The summed E-state index contributed by atoms with van der Waals surface area (Å²) in [5.41, 5.74) is 1.34. The molecule has 38 heavy (non-hydrogen) atoms. The second-order valence-electron chi connectivity index (χ2n) is 9.98. The fraction of sp³-hybridized carbons (Fsp3) is 0.346. The third-order valence-corrected chi connectivity index (χ3v) is 6.45. The number of nitro benzene ring substituents is 1. The first-order valence-electron chi connectivity index (χ1n) is 12.0. The molecule has 1 aromatic heterocycles. The highest BCUT2D eigenvalue weighted by molar-refractivity contribution is 6.35. The Morgan fingerprint density at radius 1 is 1.08 bits per heavy atom. The number of hydrogen-bond acceptors (Lipinski definition) is 6. The van der Waals surface area contributed by atoms with E-state index >= 15 is 0 Å². The van der Waals surface area contributed by atoms with Crippen molar-refractivity contribution in [3.63, 3.8) is 0 Å². The zero-order chi connectivity index (χ0) is 27.6. The predicted molar refractivity (Wildman–Crippen MR) is 144 cm³/mol. The Morgan fingerprint density at radius 2 is 1.68 bits per heavy atom. The summed E-state index contributed by atoms with van der Waals surface area (Å²) in [6, 6.07) is 10.7. The summed E-state index contributed by atoms with van der Waals surface area (Å²) in [5, 5.41) is 19.2. The van der Waals surface area contributed by atoms with Crippen molar-refractivity contribution in [3.8, 4) is 5.69 Å². The molecule has 1 saturated heterocycles. The maximum atomic E-state index is 13.4. The molecule has 10 nitrogen and oxygen atoms in total. The van der Waals surface area contributed by atoms with Crippen LogP contribution in [0.15, 0.2) is 48.7 Å². The number of hydrogen-bond donors (Lipinski definition) is 1. The topological polar surface area (TPSA) is 120 Å². The minimum atomic E-state index is -0.600. The standard InChI is InChI=1S/C26H27Cl2N5O5/c1-26(2,3)38-25(35)31-10-8-16(9-11-31)23-22(24(34)30-19-13-17(27)12-18(28)14-19)15-29-32(23)20-4-6-21(7-5-20)33(36)37/h4-7,12-16H,8-11H2,1-3H3,(H,30,34). The summed E-state index contributed by atoms with van der Waals surface area (Å²) in [4.78, 5) is 38.3. The van der Waals surface area contributed by atoms with Crippen LogP contribution in [0.1, 0.15) is 55.6 Å². The van der Waals surface area contributed by atoms with Crippen molar-refractivity contribution in [2.24, 2.45) is 0 Å². The minimum absolute atomic E-state index is 0.0519. The lowest BCUT2D eigenvalue weighted by Gasteiger charge is -2.34. The Kier molecular flexibility index (Phi) is 7.94. The Hall–Kier alpha value is -3.63. The molecule has 200 valence electrons. The van der Waals surface area contributed by atoms with E-state index in [4.69, 9.17) is 27.9 Å². The third-order valence-electron chi connectivity index (χ3n) is 6.01. The summed E-state index contributed by atoms with van der Waals surface area (Å²) >= 11 is 12.2. The first-order valence-corrected chi connectivity index (χ1v) is 12.7. The van der Waals surface area contributed by atoms with Gasteiger partial charge in [-0.15, -0.1) is 0 Å². The molecule has 3 aromatic rings. The van der Waals surface area contributed by atoms with Gasteiger partial charge in [0.15, 0.2) is 0 Å². The molecule has 1 N–H and O–H groups in total. The van der Waals surface area contributed by atoms with Crippen molar-refractivity contribution in [3.05, 3.63) is 80.1 Å². The number of non-ortho nitro benzene ring substituents is 1. The molecule has 0 saturated carbocycles. The molecule has 0 radical (unpaired) electrons. The molecule has 2 aromatic carbocycles. The number of carbonyl (C=O) groups excluding carboxylic acids is 2. The summed E-state index contributed by atoms with van der Waals surface area (Å²) in [6.45, 7) is 6.33. The number of carbonyl (C=O) groups is 2. The number of ether oxygens (including phenoxy) is 1. The first-order chi connectivity index (χ1) is 17.9. The van der Waals surface area contributed by atoms with Gasteiger partial charge < -0.3 is 15.0 Å². The molecule has 12 heteroatoms. The van der Waals surface area contributed by atoms with Crippen molar-refractivity contribution >= 4 is 46.6 Å². The molecule has 2 amide bonds. The van der Waals surface area contributed by atoms with Crippen LogP contribution >= 0.6 is 23.2 Å². The molecule has 0 aliphatic carbocycles. The van der Waals surface area contributed by atoms with Crippen LogP contribution in [0, 0.1) is 10.1 Å². The van der Waals surface area contributed by atoms with Crippen molar-refractivity contribution in [2.45, 2.75) is 45.1 Å². The number of anilines is 1. The number of piperidine rings is 1. The first kappa shape index (κ1) is 27.4. The van der Waals surface area contributed by atoms with Crippen LogP contribution in [0.3, 0.4) is 0 Å². The average Bonchev–Trinajstić information content (AvgIpc) is 3.28. The SMILES string of the molecule is CC(C)(C)OC(=O)N1CCC(c2c(C(=O)Nc3cc(Cl)cc(Cl)c3)cnn2-c2ccc([N+](=O)[O-])cc2)CC1. The van der Waals surface area contributed by atoms with Crippen molar-refractivity contribution in [1.82, 2.24) is 14.7 Å². The van der Waals surface area contributed by atoms with Gasteiger partial charge in [-0.25, -0.2) is 9.48 Å². The number of nitrogens with zero attached hydrogens (tertiary/aromatic N) is 4. The molecule has 1 aliphatic rings. The van der Waals surface area contributed by atoms with Gasteiger partial charge in [-0.3, -0.25) is 14.9 Å². The summed E-state index contributed by atoms with van der Waals surface area (Å²) < 4.78 is 7.13. The van der Waals surface area contributed by atoms with Crippen LogP contribution in [0.2, 0.25) is 10.0 Å². The summed E-state index contributed by atoms with van der Waals surface area (Å²) in [5.74, 6) is -0.517. The maximum Gasteiger partial charge on any atom is 0.410 e. The van der Waals surface area contributed by atoms with Crippen molar-refractivity contribution < 1.29 is 19.2 Å². The average molecular weight is 560 g/mol. The normalized spacial score (nSPS) is 14.3. The van der Waals surface area contributed by atoms with Gasteiger partial charge in [0.1, 0.15) is 5.60 Å². The van der Waals surface area contributed by atoms with E-state index in [1.54, 1.807) is 39.9 Å². The van der Waals surface area contributed by atoms with E-state index < -0.39 is 16.4 Å². The second-order valence-corrected chi connectivity index (χ2v) is 10.9. The van der Waals surface area contributed by atoms with Gasteiger partial charge in [0, 0.05) is 46.9 Å². The highest BCUT2D eigenvalue weighted by atomic mass is 35.5. The summed E-state index contributed by atoms with van der Waals surface area (Å²) in [6.07, 6.45) is 2.23. The van der Waals surface area contributed by atoms with Gasteiger partial charge in [0.2, 0.25) is 0 Å². The number of likely N-dealkylation sites (tertiary alicyclic amines) is 1. The number of nitro groups is 1. The molecule has 0 unspecified atom stereocenters. The van der Waals surface area contributed by atoms with Crippen LogP contribution in [0.25, 0.3) is 5.69 Å². The third kappa shape index (κ3) is 6.43. The number of benzene rings is 2. The number of amides is 2. The number of halogens is 2. The quantitative estimate of drug-likeness (QED) is 0.283. The minimum Gasteiger partial charge on any atom is -0.444 e. The molecule has 0 bridgehead atoms. The smallest absolute Gasteiger partial charge is 0.410 e. The van der Waals surface area contributed by atoms with Crippen LogP contribution in [0.4, 0.5) is 16.2 Å². The Bertz CT molecular complexity index is 1340. The van der Waals surface area contributed by atoms with Crippen molar-refractivity contribution in [2.75, 3.05) is 18.4 Å². The fourth-order valence-electron chi connectivity index (χ4n) is 4.33. The van der Waals surface area contributed by atoms with Gasteiger partial charge in [0.05, 0.1) is 28.1 Å². The van der Waals surface area contributed by atoms with E-state index in [1.807, 2.05) is 20.8 Å². The summed E-state index contributed by atoms with van der Waals surface area (Å²) in [7, 11) is 0. The van der Waals surface area contributed by atoms with Crippen LogP contribution in [-0.2, 0) is 4.74 Å². The van der Waals surface area contributed by atoms with E-state index in [-0.39, 0.29) is 17.7 Å². The van der Waals surface area contributed by atoms with Gasteiger partial charge in [-0.05, 0) is 63.9 Å². The Balaban J connectivity index is 1.64. The van der Waals surface area contributed by atoms with Crippen LogP contribution in [0.5, 0.6) is 0 Å². The van der Waals surface area contributed by atoms with Gasteiger partial charge in [0.25, 0.3) is 11.6 Å². The van der Waals surface area contributed by atoms with E-state index in [0.717, 1.165) is 0 Å².